The lowest BCUT2D eigenvalue weighted by molar-refractivity contribution is -0.137. The molecule has 0 unspecified atom stereocenters. The lowest BCUT2D eigenvalue weighted by Gasteiger charge is -2.32. The van der Waals surface area contributed by atoms with Crippen LogP contribution in [0.2, 0.25) is 0 Å². The number of rotatable bonds is 6. The monoisotopic (exact) mass is 451 g/mol. The molecule has 0 bridgehead atoms. The van der Waals surface area contributed by atoms with Gasteiger partial charge in [-0.05, 0) is 50.8 Å². The number of nitrogens with one attached hydrogen (secondary N) is 2. The maximum Gasteiger partial charge on any atom is 0.416 e. The summed E-state index contributed by atoms with van der Waals surface area (Å²) < 4.78 is 43.8. The van der Waals surface area contributed by atoms with E-state index in [-0.39, 0.29) is 18.6 Å². The molecule has 1 aromatic carbocycles. The third-order valence-corrected chi connectivity index (χ3v) is 5.73. The van der Waals surface area contributed by atoms with E-state index in [9.17, 15) is 22.8 Å². The topological polar surface area (TPSA) is 74.4 Å². The Morgan fingerprint density at radius 3 is 2.53 bits per heavy atom. The molecule has 1 aromatic heterocycles. The molecule has 174 valence electrons. The summed E-state index contributed by atoms with van der Waals surface area (Å²) in [5, 5.41) is 3.00. The largest absolute Gasteiger partial charge is 0.462 e. The summed E-state index contributed by atoms with van der Waals surface area (Å²) in [6.45, 7) is 7.18. The summed E-state index contributed by atoms with van der Waals surface area (Å²) in [4.78, 5) is 30.0. The first-order valence-electron chi connectivity index (χ1n) is 10.7. The van der Waals surface area contributed by atoms with E-state index in [0.717, 1.165) is 6.07 Å². The van der Waals surface area contributed by atoms with Gasteiger partial charge in [-0.2, -0.15) is 13.2 Å². The van der Waals surface area contributed by atoms with Crippen molar-refractivity contribution in [2.24, 2.45) is 0 Å². The molecule has 1 amide bonds. The number of H-pyrrole nitrogens is 1. The van der Waals surface area contributed by atoms with E-state index in [1.54, 1.807) is 26.8 Å². The fourth-order valence-corrected chi connectivity index (χ4v) is 4.08. The van der Waals surface area contributed by atoms with Crippen LogP contribution in [0.4, 0.5) is 13.2 Å². The minimum absolute atomic E-state index is 0.0469. The highest BCUT2D eigenvalue weighted by Gasteiger charge is 2.31. The van der Waals surface area contributed by atoms with E-state index in [0.29, 0.717) is 60.6 Å². The van der Waals surface area contributed by atoms with Crippen LogP contribution in [-0.2, 0) is 17.5 Å². The zero-order valence-electron chi connectivity index (χ0n) is 18.4. The second kappa shape index (κ2) is 9.77. The Morgan fingerprint density at radius 2 is 1.91 bits per heavy atom. The summed E-state index contributed by atoms with van der Waals surface area (Å²) in [5.41, 5.74) is 1.84. The summed E-state index contributed by atoms with van der Waals surface area (Å²) in [6.07, 6.45) is -2.98. The molecule has 2 heterocycles. The summed E-state index contributed by atoms with van der Waals surface area (Å²) >= 11 is 0. The minimum atomic E-state index is -4.35. The number of aryl methyl sites for hydroxylation is 1. The van der Waals surface area contributed by atoms with E-state index >= 15 is 0 Å². The van der Waals surface area contributed by atoms with Gasteiger partial charge in [-0.25, -0.2) is 4.79 Å². The molecule has 32 heavy (non-hydrogen) atoms. The summed E-state index contributed by atoms with van der Waals surface area (Å²) in [6, 6.07) is 5.33. The van der Waals surface area contributed by atoms with Crippen molar-refractivity contribution in [3.63, 3.8) is 0 Å². The molecule has 0 saturated carbocycles. The Bertz CT molecular complexity index is 977. The predicted molar refractivity (Wildman–Crippen MR) is 113 cm³/mol. The summed E-state index contributed by atoms with van der Waals surface area (Å²) in [5.74, 6) is -0.738. The number of hydrogen-bond acceptors (Lipinski definition) is 4. The molecular weight excluding hydrogens is 423 g/mol. The van der Waals surface area contributed by atoms with Crippen molar-refractivity contribution in [2.75, 3.05) is 19.7 Å². The standard InChI is InChI=1S/C23H28F3N3O3/c1-4-32-22(31)19-14(2)20(27-15(19)3)21(30)28-18-8-10-29(11-9-18)13-16-6-5-7-17(12-16)23(24,25)26/h5-7,12,18,27H,4,8-11,13H2,1-3H3,(H,28,30). The number of carbonyl (C=O) groups excluding carboxylic acids is 2. The van der Waals surface area contributed by atoms with Gasteiger partial charge in [0.15, 0.2) is 0 Å². The van der Waals surface area contributed by atoms with Crippen LogP contribution in [0.15, 0.2) is 24.3 Å². The third kappa shape index (κ3) is 5.51. The summed E-state index contributed by atoms with van der Waals surface area (Å²) in [7, 11) is 0. The van der Waals surface area contributed by atoms with E-state index in [1.165, 1.54) is 12.1 Å². The van der Waals surface area contributed by atoms with Gasteiger partial charge >= 0.3 is 12.1 Å². The quantitative estimate of drug-likeness (QED) is 0.645. The van der Waals surface area contributed by atoms with Gasteiger partial charge in [0.1, 0.15) is 5.69 Å². The van der Waals surface area contributed by atoms with Crippen molar-refractivity contribution in [1.82, 2.24) is 15.2 Å². The molecule has 0 aliphatic carbocycles. The molecular formula is C23H28F3N3O3. The number of ether oxygens (including phenoxy) is 1. The van der Waals surface area contributed by atoms with Gasteiger partial charge in [0, 0.05) is 31.4 Å². The maximum atomic E-state index is 12.9. The average molecular weight is 451 g/mol. The van der Waals surface area contributed by atoms with Crippen LogP contribution in [0, 0.1) is 13.8 Å². The molecule has 0 atom stereocenters. The molecule has 1 fully saturated rings. The number of esters is 1. The number of carbonyl (C=O) groups is 2. The number of benzene rings is 1. The Hall–Kier alpha value is -2.81. The second-order valence-corrected chi connectivity index (χ2v) is 8.07. The van der Waals surface area contributed by atoms with Crippen LogP contribution in [0.25, 0.3) is 0 Å². The van der Waals surface area contributed by atoms with Crippen molar-refractivity contribution in [3.05, 3.63) is 57.9 Å². The molecule has 9 heteroatoms. The first-order valence-corrected chi connectivity index (χ1v) is 10.7. The second-order valence-electron chi connectivity index (χ2n) is 8.07. The van der Waals surface area contributed by atoms with Gasteiger partial charge in [0.05, 0.1) is 17.7 Å². The maximum absolute atomic E-state index is 12.9. The molecule has 1 saturated heterocycles. The average Bonchev–Trinajstić information content (AvgIpc) is 3.03. The van der Waals surface area contributed by atoms with Gasteiger partial charge in [-0.15, -0.1) is 0 Å². The smallest absolute Gasteiger partial charge is 0.416 e. The lowest BCUT2D eigenvalue weighted by Crippen LogP contribution is -2.44. The number of hydrogen-bond donors (Lipinski definition) is 2. The highest BCUT2D eigenvalue weighted by molar-refractivity contribution is 6.00. The van der Waals surface area contributed by atoms with Gasteiger partial charge in [-0.1, -0.05) is 18.2 Å². The molecule has 2 aromatic rings. The Labute approximate surface area is 185 Å². The van der Waals surface area contributed by atoms with E-state index in [1.807, 2.05) is 0 Å². The first kappa shape index (κ1) is 23.8. The van der Waals surface area contributed by atoms with Crippen LogP contribution < -0.4 is 5.32 Å². The Morgan fingerprint density at radius 1 is 1.22 bits per heavy atom. The third-order valence-electron chi connectivity index (χ3n) is 5.73. The van der Waals surface area contributed by atoms with Crippen molar-refractivity contribution in [1.29, 1.82) is 0 Å². The fraction of sp³-hybridized carbons (Fsp3) is 0.478. The number of aromatic nitrogens is 1. The zero-order chi connectivity index (χ0) is 23.5. The van der Waals surface area contributed by atoms with Crippen LogP contribution in [0.1, 0.15) is 63.0 Å². The normalized spacial score (nSPS) is 15.6. The molecule has 0 spiro atoms. The molecule has 6 nitrogen and oxygen atoms in total. The molecule has 3 rings (SSSR count). The predicted octanol–water partition coefficient (Wildman–Crippen LogP) is 4.22. The number of alkyl halides is 3. The van der Waals surface area contributed by atoms with Crippen LogP contribution in [-0.4, -0.2) is 47.5 Å². The van der Waals surface area contributed by atoms with Crippen LogP contribution in [0.3, 0.4) is 0 Å². The molecule has 2 N–H and O–H groups in total. The highest BCUT2D eigenvalue weighted by atomic mass is 19.4. The number of aromatic amines is 1. The number of nitrogens with zero attached hydrogens (tertiary/aromatic N) is 1. The molecule has 1 aliphatic heterocycles. The minimum Gasteiger partial charge on any atom is -0.462 e. The number of amides is 1. The molecule has 1 aliphatic rings. The van der Waals surface area contributed by atoms with Gasteiger partial charge in [0.25, 0.3) is 5.91 Å². The number of halogens is 3. The van der Waals surface area contributed by atoms with E-state index in [2.05, 4.69) is 15.2 Å². The fourth-order valence-electron chi connectivity index (χ4n) is 4.08. The molecule has 0 radical (unpaired) electrons. The van der Waals surface area contributed by atoms with Crippen molar-refractivity contribution in [2.45, 2.75) is 52.4 Å². The van der Waals surface area contributed by atoms with Gasteiger partial charge in [0.2, 0.25) is 0 Å². The Balaban J connectivity index is 1.56. The zero-order valence-corrected chi connectivity index (χ0v) is 18.4. The van der Waals surface area contributed by atoms with E-state index in [4.69, 9.17) is 4.74 Å². The van der Waals surface area contributed by atoms with E-state index < -0.39 is 17.7 Å². The lowest BCUT2D eigenvalue weighted by atomic mass is 10.0. The first-order chi connectivity index (χ1) is 15.1. The number of piperidine rings is 1. The van der Waals surface area contributed by atoms with Gasteiger partial charge < -0.3 is 15.0 Å². The van der Waals surface area contributed by atoms with Crippen molar-refractivity contribution < 1.29 is 27.5 Å². The van der Waals surface area contributed by atoms with Crippen molar-refractivity contribution in [3.8, 4) is 0 Å². The van der Waals surface area contributed by atoms with Gasteiger partial charge in [-0.3, -0.25) is 9.69 Å². The Kier molecular flexibility index (Phi) is 7.28. The van der Waals surface area contributed by atoms with Crippen LogP contribution in [0.5, 0.6) is 0 Å². The SMILES string of the molecule is CCOC(=O)c1c(C)[nH]c(C(=O)NC2CCN(Cc3cccc(C(F)(F)F)c3)CC2)c1C. The van der Waals surface area contributed by atoms with Crippen molar-refractivity contribution >= 4 is 11.9 Å². The highest BCUT2D eigenvalue weighted by Crippen LogP contribution is 2.30. The number of likely N-dealkylation sites (tertiary alicyclic amines) is 1. The van der Waals surface area contributed by atoms with Crippen LogP contribution >= 0.6 is 0 Å².